The van der Waals surface area contributed by atoms with Gasteiger partial charge in [-0.3, -0.25) is 9.59 Å². The minimum atomic E-state index is -0.923. The van der Waals surface area contributed by atoms with Crippen molar-refractivity contribution in [1.82, 2.24) is 10.6 Å². The van der Waals surface area contributed by atoms with Gasteiger partial charge in [0, 0.05) is 24.5 Å². The normalized spacial score (nSPS) is 10.5. The first-order valence-electron chi connectivity index (χ1n) is 19.8. The topological polar surface area (TPSA) is 206 Å². The molecule has 4 N–H and O–H groups in total. The van der Waals surface area contributed by atoms with Crippen LogP contribution in [0.25, 0.3) is 0 Å². The van der Waals surface area contributed by atoms with Gasteiger partial charge in [0.05, 0.1) is 49.7 Å². The number of nitrogens with one attached hydrogen (secondary N) is 4. The number of carbonyl (C=O) groups excluding carboxylic acids is 6. The van der Waals surface area contributed by atoms with Crippen LogP contribution in [0.15, 0.2) is 60.7 Å². The zero-order chi connectivity index (χ0) is 45.5. The summed E-state index contributed by atoms with van der Waals surface area (Å²) >= 11 is 0. The summed E-state index contributed by atoms with van der Waals surface area (Å²) in [6.07, 6.45) is 0.00731. The molecular formula is C44H62N4O12. The number of hydrogen-bond acceptors (Lipinski definition) is 12. The average molecular weight is 839 g/mol. The van der Waals surface area contributed by atoms with Gasteiger partial charge in [0.2, 0.25) is 0 Å². The Labute approximate surface area is 353 Å². The Morgan fingerprint density at radius 3 is 1.10 bits per heavy atom. The minimum Gasteiger partial charge on any atom is -0.494 e. The van der Waals surface area contributed by atoms with Crippen LogP contribution in [0.3, 0.4) is 0 Å². The van der Waals surface area contributed by atoms with Crippen molar-refractivity contribution in [2.24, 2.45) is 0 Å². The zero-order valence-electron chi connectivity index (χ0n) is 36.9. The lowest BCUT2D eigenvalue weighted by Gasteiger charge is -2.19. The van der Waals surface area contributed by atoms with Crippen molar-refractivity contribution < 1.29 is 57.2 Å². The highest BCUT2D eigenvalue weighted by Crippen LogP contribution is 2.24. The molecule has 0 fully saturated rings. The summed E-state index contributed by atoms with van der Waals surface area (Å²) in [6, 6.07) is 15.0. The van der Waals surface area contributed by atoms with E-state index in [1.807, 2.05) is 27.7 Å². The van der Waals surface area contributed by atoms with Crippen LogP contribution in [0.5, 0.6) is 11.5 Å². The van der Waals surface area contributed by atoms with Gasteiger partial charge in [-0.05, 0) is 115 Å². The third-order valence-electron chi connectivity index (χ3n) is 7.20. The van der Waals surface area contributed by atoms with Gasteiger partial charge < -0.3 is 49.7 Å². The monoisotopic (exact) mass is 838 g/mol. The largest absolute Gasteiger partial charge is 0.494 e. The van der Waals surface area contributed by atoms with Crippen molar-refractivity contribution in [2.75, 3.05) is 51.2 Å². The van der Waals surface area contributed by atoms with Crippen LogP contribution in [-0.4, -0.2) is 87.7 Å². The molecule has 0 spiro atoms. The van der Waals surface area contributed by atoms with Crippen molar-refractivity contribution in [3.63, 3.8) is 0 Å². The molecule has 60 heavy (non-hydrogen) atoms. The molecule has 0 atom stereocenters. The Morgan fingerprint density at radius 1 is 0.500 bits per heavy atom. The van der Waals surface area contributed by atoms with Gasteiger partial charge in [0.1, 0.15) is 22.7 Å². The first-order valence-corrected chi connectivity index (χ1v) is 19.8. The summed E-state index contributed by atoms with van der Waals surface area (Å²) in [5, 5.41) is 10.6. The molecule has 330 valence electrons. The Bertz CT molecular complexity index is 1710. The van der Waals surface area contributed by atoms with E-state index in [1.165, 1.54) is 0 Å². The number of ether oxygens (including phenoxy) is 6. The Balaban J connectivity index is 0.00000436. The van der Waals surface area contributed by atoms with Crippen molar-refractivity contribution in [2.45, 2.75) is 93.3 Å². The molecule has 3 aromatic rings. The predicted octanol–water partition coefficient (Wildman–Crippen LogP) is 8.40. The number of esters is 2. The van der Waals surface area contributed by atoms with E-state index < -0.39 is 47.1 Å². The zero-order valence-corrected chi connectivity index (χ0v) is 36.9. The number of benzene rings is 3. The molecule has 0 saturated heterocycles. The number of carbonyl (C=O) groups is 6. The minimum absolute atomic E-state index is 0.241. The first kappa shape index (κ1) is 51.7. The third-order valence-corrected chi connectivity index (χ3v) is 7.20. The number of hydrogen-bond donors (Lipinski definition) is 4. The summed E-state index contributed by atoms with van der Waals surface area (Å²) in [7, 11) is 2.23. The molecule has 0 bridgehead atoms. The highest BCUT2D eigenvalue weighted by molar-refractivity contribution is 6.17. The lowest BCUT2D eigenvalue weighted by atomic mass is 9.96. The SMILES string of the molecule is CC.CC.COC(=O)c1cc(C(=O)Nc2ccc(OCCCNC(=O)OC(C)(C)C)cc2)c(C(=O)OC)cc1C(=O)Nc1ccc(OCCCNC(=O)OC(C)(C)C)cc1. The summed E-state index contributed by atoms with van der Waals surface area (Å²) in [4.78, 5) is 76.3. The molecule has 0 aliphatic heterocycles. The third kappa shape index (κ3) is 19.0. The van der Waals surface area contributed by atoms with E-state index in [0.29, 0.717) is 62.0 Å². The molecule has 0 aliphatic carbocycles. The lowest BCUT2D eigenvalue weighted by molar-refractivity contribution is 0.0513. The van der Waals surface area contributed by atoms with Crippen molar-refractivity contribution >= 4 is 47.3 Å². The van der Waals surface area contributed by atoms with Gasteiger partial charge in [0.25, 0.3) is 11.8 Å². The fourth-order valence-electron chi connectivity index (χ4n) is 4.73. The van der Waals surface area contributed by atoms with Crippen LogP contribution < -0.4 is 30.7 Å². The average Bonchev–Trinajstić information content (AvgIpc) is 3.20. The molecule has 0 aromatic heterocycles. The van der Waals surface area contributed by atoms with E-state index in [-0.39, 0.29) is 22.3 Å². The van der Waals surface area contributed by atoms with Crippen LogP contribution in [0.1, 0.15) is 124 Å². The van der Waals surface area contributed by atoms with Gasteiger partial charge in [-0.1, -0.05) is 27.7 Å². The maximum Gasteiger partial charge on any atom is 0.407 e. The summed E-state index contributed by atoms with van der Waals surface area (Å²) < 4.78 is 31.6. The molecular weight excluding hydrogens is 776 g/mol. The van der Waals surface area contributed by atoms with E-state index in [1.54, 1.807) is 90.1 Å². The molecule has 3 rings (SSSR count). The molecule has 0 heterocycles. The van der Waals surface area contributed by atoms with E-state index in [9.17, 15) is 28.8 Å². The van der Waals surface area contributed by atoms with E-state index in [0.717, 1.165) is 26.4 Å². The Kier molecular flexibility index (Phi) is 22.3. The van der Waals surface area contributed by atoms with Gasteiger partial charge >= 0.3 is 24.1 Å². The maximum absolute atomic E-state index is 13.5. The number of alkyl carbamates (subject to hydrolysis) is 2. The summed E-state index contributed by atoms with van der Waals surface area (Å²) in [5.74, 6) is -2.36. The molecule has 0 radical (unpaired) electrons. The molecule has 16 heteroatoms. The van der Waals surface area contributed by atoms with Crippen LogP contribution in [-0.2, 0) is 18.9 Å². The summed E-state index contributed by atoms with van der Waals surface area (Å²) in [6.45, 7) is 20.0. The number of anilines is 2. The van der Waals surface area contributed by atoms with E-state index in [4.69, 9.17) is 28.4 Å². The molecule has 0 saturated carbocycles. The van der Waals surface area contributed by atoms with Crippen LogP contribution in [0, 0.1) is 0 Å². The predicted molar refractivity (Wildman–Crippen MR) is 229 cm³/mol. The lowest BCUT2D eigenvalue weighted by Crippen LogP contribution is -2.33. The van der Waals surface area contributed by atoms with Crippen LogP contribution >= 0.6 is 0 Å². The molecule has 0 unspecified atom stereocenters. The maximum atomic E-state index is 13.5. The van der Waals surface area contributed by atoms with Crippen molar-refractivity contribution in [3.8, 4) is 11.5 Å². The quantitative estimate of drug-likeness (QED) is 0.0610. The fourth-order valence-corrected chi connectivity index (χ4v) is 4.73. The highest BCUT2D eigenvalue weighted by atomic mass is 16.6. The second kappa shape index (κ2) is 25.9. The molecule has 0 aliphatic rings. The second-order valence-electron chi connectivity index (χ2n) is 14.1. The number of amides is 4. The van der Waals surface area contributed by atoms with Gasteiger partial charge in [-0.2, -0.15) is 0 Å². The summed E-state index contributed by atoms with van der Waals surface area (Å²) in [5.41, 5.74) is -1.53. The Morgan fingerprint density at radius 2 is 0.817 bits per heavy atom. The van der Waals surface area contributed by atoms with Gasteiger partial charge in [-0.25, -0.2) is 19.2 Å². The van der Waals surface area contributed by atoms with Crippen molar-refractivity contribution in [1.29, 1.82) is 0 Å². The van der Waals surface area contributed by atoms with E-state index in [2.05, 4.69) is 21.3 Å². The second-order valence-corrected chi connectivity index (χ2v) is 14.1. The van der Waals surface area contributed by atoms with Crippen molar-refractivity contribution in [3.05, 3.63) is 82.9 Å². The molecule has 3 aromatic carbocycles. The number of methoxy groups -OCH3 is 2. The van der Waals surface area contributed by atoms with Gasteiger partial charge in [0.15, 0.2) is 0 Å². The van der Waals surface area contributed by atoms with Crippen LogP contribution in [0.2, 0.25) is 0 Å². The Hall–Kier alpha value is -6.32. The van der Waals surface area contributed by atoms with E-state index >= 15 is 0 Å². The highest BCUT2D eigenvalue weighted by Gasteiger charge is 2.27. The number of rotatable bonds is 16. The van der Waals surface area contributed by atoms with Crippen LogP contribution in [0.4, 0.5) is 21.0 Å². The standard InChI is InChI=1S/C40H50N4O12.2C2H6/c1-39(2,3)55-37(49)41-19-9-21-53-27-15-11-25(12-16-27)43-33(45)29-23-32(36(48)52-8)30(24-31(29)35(47)51-7)34(46)44-26-13-17-28(18-14-26)54-22-10-20-42-38(50)56-40(4,5)6;2*1-2/h11-18,23-24H,9-10,19-22H2,1-8H3,(H,41,49)(H,42,50)(H,43,45)(H,44,46);2*1-2H3. The molecule has 16 nitrogen and oxygen atoms in total. The van der Waals surface area contributed by atoms with Gasteiger partial charge in [-0.15, -0.1) is 0 Å². The smallest absolute Gasteiger partial charge is 0.407 e. The first-order chi connectivity index (χ1) is 28.4. The fraction of sp³-hybridized carbons (Fsp3) is 0.455. The molecule has 4 amide bonds.